The smallest absolute Gasteiger partial charge is 0.502 e. The molecule has 0 unspecified atom stereocenters. The predicted molar refractivity (Wildman–Crippen MR) is 82.7 cm³/mol. The quantitative estimate of drug-likeness (QED) is 0.563. The van der Waals surface area contributed by atoms with Crippen molar-refractivity contribution in [1.29, 1.82) is 0 Å². The summed E-state index contributed by atoms with van der Waals surface area (Å²) < 4.78 is 115. The first kappa shape index (κ1) is 27.4. The van der Waals surface area contributed by atoms with Crippen molar-refractivity contribution in [3.05, 3.63) is 48.5 Å². The number of para-hydroxylation sites is 2. The Kier molecular flexibility index (Phi) is 8.95. The maximum atomic E-state index is 12.0. The minimum Gasteiger partial charge on any atom is -0.507 e. The Morgan fingerprint density at radius 3 is 1.03 bits per heavy atom. The van der Waals surface area contributed by atoms with Gasteiger partial charge in [-0.2, -0.15) is 26.3 Å². The number of alkyl halides is 6. The van der Waals surface area contributed by atoms with Crippen LogP contribution in [0.5, 0.6) is 11.5 Å². The van der Waals surface area contributed by atoms with Gasteiger partial charge < -0.3 is 10.2 Å². The fraction of sp³-hybridized carbons (Fsp3) is 0.143. The normalized spacial score (nSPS) is 12.3. The summed E-state index contributed by atoms with van der Waals surface area (Å²) in [5, 5.41) is 17.9. The summed E-state index contributed by atoms with van der Waals surface area (Å²) in [4.78, 5) is -2.26. The zero-order valence-corrected chi connectivity index (χ0v) is 17.8. The number of hydrogen-bond donors (Lipinski definition) is 2. The van der Waals surface area contributed by atoms with Crippen molar-refractivity contribution in [3.63, 3.8) is 0 Å². The Balaban J connectivity index is 0.000000523. The fourth-order valence-corrected chi connectivity index (χ4v) is 3.32. The summed E-state index contributed by atoms with van der Waals surface area (Å²) in [5.74, 6) is -1.82. The van der Waals surface area contributed by atoms with Gasteiger partial charge in [0.25, 0.3) is 19.7 Å². The summed E-state index contributed by atoms with van der Waals surface area (Å²) >= 11 is 0. The molecular formula is C14H10F6O6S2Zr. The van der Waals surface area contributed by atoms with Gasteiger partial charge in [0.05, 0.1) is 0 Å². The third-order valence-corrected chi connectivity index (χ3v) is 5.99. The van der Waals surface area contributed by atoms with E-state index >= 15 is 0 Å². The molecule has 0 atom stereocenters. The standard InChI is InChI=1S/2C7H5F3O3S.Zr/c2*8-7(9,10)14(12,13)6-4-2-1-3-5(6)11;/h2*1-4,11H;. The van der Waals surface area contributed by atoms with Gasteiger partial charge in [0.15, 0.2) is 0 Å². The van der Waals surface area contributed by atoms with Gasteiger partial charge in [0, 0.05) is 26.2 Å². The Labute approximate surface area is 179 Å². The second-order valence-electron chi connectivity index (χ2n) is 4.83. The SMILES string of the molecule is O=S(=O)(c1ccccc1O)C(F)(F)F.O=S(=O)(c1ccccc1O)C(F)(F)F.[Zr]. The minimum absolute atomic E-state index is 0. The van der Waals surface area contributed by atoms with Gasteiger partial charge in [-0.05, 0) is 24.3 Å². The van der Waals surface area contributed by atoms with Crippen molar-refractivity contribution in [3.8, 4) is 11.5 Å². The molecule has 0 radical (unpaired) electrons. The van der Waals surface area contributed by atoms with E-state index in [0.29, 0.717) is 12.1 Å². The first-order chi connectivity index (χ1) is 12.5. The molecule has 0 heterocycles. The number of phenolic OH excluding ortho intramolecular Hbond substituents is 2. The summed E-state index contributed by atoms with van der Waals surface area (Å²) in [5.41, 5.74) is -10.8. The van der Waals surface area contributed by atoms with Crippen LogP contribution in [0.15, 0.2) is 58.3 Å². The summed E-state index contributed by atoms with van der Waals surface area (Å²) in [6.45, 7) is 0. The third-order valence-electron chi connectivity index (χ3n) is 2.92. The van der Waals surface area contributed by atoms with E-state index in [1.807, 2.05) is 0 Å². The van der Waals surface area contributed by atoms with Crippen LogP contribution in [-0.4, -0.2) is 38.1 Å². The molecule has 0 aliphatic carbocycles. The van der Waals surface area contributed by atoms with Gasteiger partial charge in [0.1, 0.15) is 21.3 Å². The van der Waals surface area contributed by atoms with Crippen molar-refractivity contribution < 1.29 is 79.6 Å². The molecule has 29 heavy (non-hydrogen) atoms. The molecule has 0 aliphatic heterocycles. The first-order valence-electron chi connectivity index (χ1n) is 6.72. The van der Waals surface area contributed by atoms with E-state index in [0.717, 1.165) is 24.3 Å². The number of rotatable bonds is 2. The second-order valence-corrected chi connectivity index (χ2v) is 8.65. The van der Waals surface area contributed by atoms with Crippen LogP contribution in [0.1, 0.15) is 0 Å². The first-order valence-corrected chi connectivity index (χ1v) is 9.69. The number of sulfone groups is 2. The molecule has 0 saturated carbocycles. The molecule has 2 aromatic carbocycles. The van der Waals surface area contributed by atoms with Crippen molar-refractivity contribution >= 4 is 19.7 Å². The molecule has 0 saturated heterocycles. The van der Waals surface area contributed by atoms with Crippen LogP contribution >= 0.6 is 0 Å². The molecule has 160 valence electrons. The zero-order valence-electron chi connectivity index (χ0n) is 13.7. The molecule has 0 spiro atoms. The van der Waals surface area contributed by atoms with E-state index in [9.17, 15) is 43.2 Å². The second kappa shape index (κ2) is 9.48. The molecule has 0 bridgehead atoms. The monoisotopic (exact) mass is 542 g/mol. The van der Waals surface area contributed by atoms with E-state index in [4.69, 9.17) is 10.2 Å². The number of hydrogen-bond acceptors (Lipinski definition) is 6. The Morgan fingerprint density at radius 1 is 0.586 bits per heavy atom. The minimum atomic E-state index is -5.46. The molecular weight excluding hydrogens is 533 g/mol. The van der Waals surface area contributed by atoms with E-state index in [2.05, 4.69) is 0 Å². The topological polar surface area (TPSA) is 109 Å². The molecule has 0 amide bonds. The van der Waals surface area contributed by atoms with Crippen LogP contribution in [0.4, 0.5) is 26.3 Å². The molecule has 2 aromatic rings. The Bertz CT molecular complexity index is 963. The van der Waals surface area contributed by atoms with Gasteiger partial charge in [-0.3, -0.25) is 0 Å². The largest absolute Gasteiger partial charge is 0.507 e. The molecule has 6 nitrogen and oxygen atoms in total. The van der Waals surface area contributed by atoms with Gasteiger partial charge in [0.2, 0.25) is 0 Å². The van der Waals surface area contributed by atoms with E-state index in [1.165, 1.54) is 12.1 Å². The van der Waals surface area contributed by atoms with Crippen LogP contribution in [-0.2, 0) is 45.9 Å². The third kappa shape index (κ3) is 6.19. The number of halogens is 6. The Hall–Kier alpha value is -1.60. The van der Waals surface area contributed by atoms with Crippen molar-refractivity contribution in [1.82, 2.24) is 0 Å². The number of aromatic hydroxyl groups is 2. The van der Waals surface area contributed by atoms with Crippen molar-refractivity contribution in [2.24, 2.45) is 0 Å². The van der Waals surface area contributed by atoms with Gasteiger partial charge in [-0.1, -0.05) is 24.3 Å². The van der Waals surface area contributed by atoms with Gasteiger partial charge in [-0.25, -0.2) is 16.8 Å². The summed E-state index contributed by atoms with van der Waals surface area (Å²) in [6, 6.07) is 7.78. The van der Waals surface area contributed by atoms with E-state index in [-0.39, 0.29) is 26.2 Å². The maximum absolute atomic E-state index is 12.0. The average molecular weight is 544 g/mol. The molecule has 2 N–H and O–H groups in total. The van der Waals surface area contributed by atoms with Crippen molar-refractivity contribution in [2.75, 3.05) is 0 Å². The van der Waals surface area contributed by atoms with E-state index < -0.39 is 52.0 Å². The van der Waals surface area contributed by atoms with Crippen LogP contribution in [0, 0.1) is 0 Å². The molecule has 0 aromatic heterocycles. The molecule has 2 rings (SSSR count). The van der Waals surface area contributed by atoms with Crippen LogP contribution in [0.25, 0.3) is 0 Å². The van der Waals surface area contributed by atoms with Gasteiger partial charge >= 0.3 is 11.0 Å². The average Bonchev–Trinajstić information content (AvgIpc) is 2.54. The molecule has 0 fully saturated rings. The number of benzene rings is 2. The van der Waals surface area contributed by atoms with Crippen LogP contribution in [0.2, 0.25) is 0 Å². The molecule has 15 heteroatoms. The van der Waals surface area contributed by atoms with Crippen LogP contribution < -0.4 is 0 Å². The maximum Gasteiger partial charge on any atom is 0.502 e. The fourth-order valence-electron chi connectivity index (χ4n) is 1.62. The summed E-state index contributed by atoms with van der Waals surface area (Å²) in [7, 11) is -10.9. The predicted octanol–water partition coefficient (Wildman–Crippen LogP) is 3.37. The molecule has 0 aliphatic rings. The van der Waals surface area contributed by atoms with Gasteiger partial charge in [-0.15, -0.1) is 0 Å². The van der Waals surface area contributed by atoms with E-state index in [1.54, 1.807) is 0 Å². The number of phenols is 2. The summed E-state index contributed by atoms with van der Waals surface area (Å²) in [6.07, 6.45) is 0. The zero-order chi connectivity index (χ0) is 22.0. The van der Waals surface area contributed by atoms with Crippen LogP contribution in [0.3, 0.4) is 0 Å². The van der Waals surface area contributed by atoms with Crippen molar-refractivity contribution in [2.45, 2.75) is 20.8 Å². The Morgan fingerprint density at radius 2 is 0.828 bits per heavy atom.